The van der Waals surface area contributed by atoms with Gasteiger partial charge in [0.15, 0.2) is 10.6 Å². The second-order valence-corrected chi connectivity index (χ2v) is 6.91. The Hall–Kier alpha value is -1.88. The number of carboxylic acids is 1. The van der Waals surface area contributed by atoms with Crippen LogP contribution in [-0.2, 0) is 14.8 Å². The number of hydrogen-bond donors (Lipinski definition) is 1. The maximum atomic E-state index is 14.0. The van der Waals surface area contributed by atoms with E-state index in [4.69, 9.17) is 5.11 Å². The van der Waals surface area contributed by atoms with Gasteiger partial charge in [0, 0.05) is 6.54 Å². The van der Waals surface area contributed by atoms with Crippen LogP contribution in [0.2, 0.25) is 0 Å². The van der Waals surface area contributed by atoms with Gasteiger partial charge in [-0.1, -0.05) is 6.07 Å². The molecule has 1 unspecified atom stereocenters. The molecule has 11 heteroatoms. The number of alkyl halides is 3. The summed E-state index contributed by atoms with van der Waals surface area (Å²) in [5.74, 6) is -4.14. The summed E-state index contributed by atoms with van der Waals surface area (Å²) >= 11 is 0. The van der Waals surface area contributed by atoms with Gasteiger partial charge in [0.25, 0.3) is 10.0 Å². The first-order valence-electron chi connectivity index (χ1n) is 6.83. The third-order valence-electron chi connectivity index (χ3n) is 3.46. The summed E-state index contributed by atoms with van der Waals surface area (Å²) in [5, 5.41) is 9.13. The Bertz CT molecular complexity index is 734. The molecular weight excluding hydrogens is 358 g/mol. The number of sulfonamides is 1. The molecule has 0 saturated carbocycles. The number of benzene rings is 1. The van der Waals surface area contributed by atoms with Gasteiger partial charge in [-0.3, -0.25) is 4.79 Å². The predicted molar refractivity (Wildman–Crippen MR) is 72.2 cm³/mol. The zero-order valence-corrected chi connectivity index (χ0v) is 12.9. The molecule has 1 aliphatic rings. The first-order valence-corrected chi connectivity index (χ1v) is 8.27. The van der Waals surface area contributed by atoms with E-state index in [2.05, 4.69) is 4.74 Å². The van der Waals surface area contributed by atoms with Crippen LogP contribution in [0.4, 0.5) is 17.6 Å². The molecule has 6 nitrogen and oxygen atoms in total. The molecule has 0 aromatic heterocycles. The lowest BCUT2D eigenvalue weighted by molar-refractivity contribution is -0.275. The molecule has 24 heavy (non-hydrogen) atoms. The SMILES string of the molecule is O=C(O)C1CCCCN1S(=O)(=O)c1c(F)cccc1OC(F)(F)F. The van der Waals surface area contributed by atoms with Gasteiger partial charge >= 0.3 is 12.3 Å². The van der Waals surface area contributed by atoms with Gasteiger partial charge in [0.05, 0.1) is 0 Å². The first-order chi connectivity index (χ1) is 11.0. The average molecular weight is 371 g/mol. The largest absolute Gasteiger partial charge is 0.573 e. The molecule has 0 amide bonds. The molecule has 0 spiro atoms. The average Bonchev–Trinajstić information content (AvgIpc) is 2.45. The Balaban J connectivity index is 2.54. The fourth-order valence-corrected chi connectivity index (χ4v) is 4.31. The second-order valence-electron chi connectivity index (χ2n) is 5.08. The van der Waals surface area contributed by atoms with Gasteiger partial charge in [-0.2, -0.15) is 4.31 Å². The third-order valence-corrected chi connectivity index (χ3v) is 5.43. The van der Waals surface area contributed by atoms with Crippen molar-refractivity contribution in [2.75, 3.05) is 6.54 Å². The highest BCUT2D eigenvalue weighted by molar-refractivity contribution is 7.89. The predicted octanol–water partition coefficient (Wildman–Crippen LogP) is 2.35. The summed E-state index contributed by atoms with van der Waals surface area (Å²) in [6.45, 7) is -0.237. The van der Waals surface area contributed by atoms with Gasteiger partial charge in [-0.15, -0.1) is 13.2 Å². The summed E-state index contributed by atoms with van der Waals surface area (Å²) in [7, 11) is -4.84. The minimum absolute atomic E-state index is 0.0154. The summed E-state index contributed by atoms with van der Waals surface area (Å²) in [6.07, 6.45) is -4.50. The van der Waals surface area contributed by atoms with Crippen LogP contribution in [0.15, 0.2) is 23.1 Å². The zero-order chi connectivity index (χ0) is 18.1. The molecule has 0 aliphatic carbocycles. The van der Waals surface area contributed by atoms with Crippen molar-refractivity contribution in [3.63, 3.8) is 0 Å². The molecule has 1 heterocycles. The van der Waals surface area contributed by atoms with E-state index in [1.807, 2.05) is 0 Å². The normalized spacial score (nSPS) is 19.9. The number of hydrogen-bond acceptors (Lipinski definition) is 4. The lowest BCUT2D eigenvalue weighted by Gasteiger charge is -2.32. The lowest BCUT2D eigenvalue weighted by Crippen LogP contribution is -2.48. The molecule has 1 atom stereocenters. The highest BCUT2D eigenvalue weighted by atomic mass is 32.2. The van der Waals surface area contributed by atoms with Crippen LogP contribution in [0.5, 0.6) is 5.75 Å². The monoisotopic (exact) mass is 371 g/mol. The fraction of sp³-hybridized carbons (Fsp3) is 0.462. The smallest absolute Gasteiger partial charge is 0.480 e. The van der Waals surface area contributed by atoms with E-state index >= 15 is 0 Å². The molecule has 134 valence electrons. The van der Waals surface area contributed by atoms with Crippen molar-refractivity contribution < 1.29 is 40.6 Å². The van der Waals surface area contributed by atoms with Crippen molar-refractivity contribution in [3.05, 3.63) is 24.0 Å². The van der Waals surface area contributed by atoms with E-state index in [-0.39, 0.29) is 13.0 Å². The van der Waals surface area contributed by atoms with E-state index in [0.717, 1.165) is 6.07 Å². The van der Waals surface area contributed by atoms with E-state index in [1.165, 1.54) is 0 Å². The van der Waals surface area contributed by atoms with E-state index in [1.54, 1.807) is 0 Å². The summed E-state index contributed by atoms with van der Waals surface area (Å²) in [4.78, 5) is 9.91. The molecular formula is C13H13F4NO5S. The van der Waals surface area contributed by atoms with E-state index < -0.39 is 44.9 Å². The van der Waals surface area contributed by atoms with Gasteiger partial charge in [-0.05, 0) is 31.4 Å². The second kappa shape index (κ2) is 6.55. The summed E-state index contributed by atoms with van der Waals surface area (Å²) in [5.41, 5.74) is 0. The Morgan fingerprint density at radius 1 is 1.29 bits per heavy atom. The maximum Gasteiger partial charge on any atom is 0.573 e. The van der Waals surface area contributed by atoms with Gasteiger partial charge in [0.1, 0.15) is 11.9 Å². The fourth-order valence-electron chi connectivity index (χ4n) is 2.50. The highest BCUT2D eigenvalue weighted by Crippen LogP contribution is 2.35. The molecule has 1 aromatic rings. The van der Waals surface area contributed by atoms with Crippen molar-refractivity contribution in [2.24, 2.45) is 0 Å². The number of carbonyl (C=O) groups is 1. The van der Waals surface area contributed by atoms with Crippen molar-refractivity contribution in [1.29, 1.82) is 0 Å². The Morgan fingerprint density at radius 2 is 1.96 bits per heavy atom. The van der Waals surface area contributed by atoms with Crippen LogP contribution in [0.1, 0.15) is 19.3 Å². The van der Waals surface area contributed by atoms with Crippen LogP contribution < -0.4 is 4.74 Å². The number of rotatable bonds is 4. The molecule has 0 bridgehead atoms. The van der Waals surface area contributed by atoms with Crippen molar-refractivity contribution in [1.82, 2.24) is 4.31 Å². The molecule has 1 aromatic carbocycles. The van der Waals surface area contributed by atoms with Crippen LogP contribution in [0, 0.1) is 5.82 Å². The van der Waals surface area contributed by atoms with Crippen molar-refractivity contribution >= 4 is 16.0 Å². The quantitative estimate of drug-likeness (QED) is 0.822. The molecule has 2 rings (SSSR count). The zero-order valence-electron chi connectivity index (χ0n) is 12.1. The minimum atomic E-state index is -5.23. The number of aliphatic carboxylic acids is 1. The molecule has 1 N–H and O–H groups in total. The lowest BCUT2D eigenvalue weighted by atomic mass is 10.1. The van der Waals surface area contributed by atoms with E-state index in [9.17, 15) is 30.8 Å². The number of nitrogens with zero attached hydrogens (tertiary/aromatic N) is 1. The Kier molecular flexibility index (Phi) is 5.04. The van der Waals surface area contributed by atoms with Crippen LogP contribution >= 0.6 is 0 Å². The number of halogens is 4. The molecule has 1 aliphatic heterocycles. The van der Waals surface area contributed by atoms with Gasteiger partial charge < -0.3 is 9.84 Å². The van der Waals surface area contributed by atoms with Crippen molar-refractivity contribution in [2.45, 2.75) is 36.6 Å². The first kappa shape index (κ1) is 18.5. The van der Waals surface area contributed by atoms with E-state index in [0.29, 0.717) is 29.3 Å². The van der Waals surface area contributed by atoms with Gasteiger partial charge in [-0.25, -0.2) is 12.8 Å². The number of ether oxygens (including phenoxy) is 1. The molecule has 0 radical (unpaired) electrons. The topological polar surface area (TPSA) is 83.9 Å². The minimum Gasteiger partial charge on any atom is -0.480 e. The van der Waals surface area contributed by atoms with Crippen LogP contribution in [-0.4, -0.2) is 42.7 Å². The Labute approximate surface area is 134 Å². The van der Waals surface area contributed by atoms with Crippen LogP contribution in [0.25, 0.3) is 0 Å². The summed E-state index contributed by atoms with van der Waals surface area (Å²) < 4.78 is 80.6. The maximum absolute atomic E-state index is 14.0. The molecule has 1 fully saturated rings. The number of piperidine rings is 1. The number of carboxylic acid groups (broad SMARTS) is 1. The van der Waals surface area contributed by atoms with Gasteiger partial charge in [0.2, 0.25) is 0 Å². The Morgan fingerprint density at radius 3 is 2.54 bits per heavy atom. The standard InChI is InChI=1S/C13H13F4NO5S/c14-8-4-3-6-10(23-13(15,16)17)11(8)24(21,22)18-7-2-1-5-9(18)12(19)20/h3-4,6,9H,1-2,5,7H2,(H,19,20). The molecule has 1 saturated heterocycles. The van der Waals surface area contributed by atoms with Crippen molar-refractivity contribution in [3.8, 4) is 5.75 Å². The summed E-state index contributed by atoms with van der Waals surface area (Å²) in [6, 6.07) is 0.710. The third kappa shape index (κ3) is 3.78. The van der Waals surface area contributed by atoms with Crippen LogP contribution in [0.3, 0.4) is 0 Å². The highest BCUT2D eigenvalue weighted by Gasteiger charge is 2.42.